The molecule has 1 unspecified atom stereocenters. The van der Waals surface area contributed by atoms with Crippen molar-refractivity contribution in [2.24, 2.45) is 11.7 Å². The fourth-order valence-electron chi connectivity index (χ4n) is 2.20. The van der Waals surface area contributed by atoms with Crippen LogP contribution in [0.3, 0.4) is 0 Å². The highest BCUT2D eigenvalue weighted by Crippen LogP contribution is 2.25. The summed E-state index contributed by atoms with van der Waals surface area (Å²) in [5, 5.41) is 4.65. The molecule has 5 heteroatoms. The van der Waals surface area contributed by atoms with Gasteiger partial charge in [0.1, 0.15) is 5.52 Å². The maximum Gasteiger partial charge on any atom is 0.154 e. The Balaban J connectivity index is 2.41. The zero-order chi connectivity index (χ0) is 14.9. The molecule has 1 atom stereocenters. The third kappa shape index (κ3) is 2.93. The van der Waals surface area contributed by atoms with Gasteiger partial charge in [-0.15, -0.1) is 0 Å². The zero-order valence-electron chi connectivity index (χ0n) is 13.1. The van der Waals surface area contributed by atoms with Crippen molar-refractivity contribution in [3.8, 4) is 0 Å². The fourth-order valence-corrected chi connectivity index (χ4v) is 2.20. The molecule has 20 heavy (non-hydrogen) atoms. The lowest BCUT2D eigenvalue weighted by Gasteiger charge is -2.22. The van der Waals surface area contributed by atoms with Crippen molar-refractivity contribution in [1.29, 1.82) is 0 Å². The van der Waals surface area contributed by atoms with E-state index in [1.807, 2.05) is 10.7 Å². The van der Waals surface area contributed by atoms with Crippen LogP contribution in [0.2, 0.25) is 0 Å². The Bertz CT molecular complexity index is 581. The molecule has 110 valence electrons. The van der Waals surface area contributed by atoms with Gasteiger partial charge in [-0.2, -0.15) is 5.10 Å². The Morgan fingerprint density at radius 3 is 2.70 bits per heavy atom. The second-order valence-corrected chi connectivity index (χ2v) is 6.58. The molecule has 0 aliphatic heterocycles. The quantitative estimate of drug-likeness (QED) is 0.928. The van der Waals surface area contributed by atoms with Crippen molar-refractivity contribution in [3.63, 3.8) is 0 Å². The minimum absolute atomic E-state index is 0.0341. The molecule has 0 aliphatic rings. The molecule has 2 N–H and O–H groups in total. The average molecular weight is 275 g/mol. The summed E-state index contributed by atoms with van der Waals surface area (Å²) in [6, 6.07) is 2.13. The number of hydrogen-bond donors (Lipinski definition) is 1. The molecular weight excluding hydrogens is 250 g/mol. The minimum Gasteiger partial charge on any atom is -0.358 e. The summed E-state index contributed by atoms with van der Waals surface area (Å²) in [4.78, 5) is 6.67. The Hall–Kier alpha value is -1.62. The van der Waals surface area contributed by atoms with E-state index in [4.69, 9.17) is 5.73 Å². The topological polar surface area (TPSA) is 59.5 Å². The predicted octanol–water partition coefficient (Wildman–Crippen LogP) is 2.06. The molecule has 2 heterocycles. The third-order valence-corrected chi connectivity index (χ3v) is 3.49. The molecular formula is C15H25N5. The van der Waals surface area contributed by atoms with Gasteiger partial charge < -0.3 is 10.6 Å². The second kappa shape index (κ2) is 5.40. The molecule has 0 fully saturated rings. The molecule has 5 nitrogen and oxygen atoms in total. The van der Waals surface area contributed by atoms with Crippen molar-refractivity contribution in [3.05, 3.63) is 24.2 Å². The van der Waals surface area contributed by atoms with E-state index in [0.29, 0.717) is 12.5 Å². The molecule has 2 aromatic heterocycles. The number of hydrogen-bond acceptors (Lipinski definition) is 4. The first kappa shape index (κ1) is 14.8. The van der Waals surface area contributed by atoms with Crippen LogP contribution >= 0.6 is 0 Å². The summed E-state index contributed by atoms with van der Waals surface area (Å²) in [7, 11) is 2.05. The number of nitrogens with zero attached hydrogens (tertiary/aromatic N) is 4. The number of nitrogens with two attached hydrogens (primary N) is 1. The Kier molecular flexibility index (Phi) is 3.99. The minimum atomic E-state index is 0.0341. The molecule has 0 aromatic carbocycles. The molecule has 0 saturated heterocycles. The van der Waals surface area contributed by atoms with Crippen LogP contribution in [0, 0.1) is 5.92 Å². The summed E-state index contributed by atoms with van der Waals surface area (Å²) in [6.45, 7) is 10.2. The Labute approximate surface area is 120 Å². The maximum absolute atomic E-state index is 5.71. The summed E-state index contributed by atoms with van der Waals surface area (Å²) < 4.78 is 1.91. The summed E-state index contributed by atoms with van der Waals surface area (Å²) in [5.74, 6) is 1.39. The second-order valence-electron chi connectivity index (χ2n) is 6.58. The SMILES string of the molecule is CC(CN)CN(C)c1nccn2nc(C(C)(C)C)cc12. The van der Waals surface area contributed by atoms with Gasteiger partial charge in [0.2, 0.25) is 0 Å². The van der Waals surface area contributed by atoms with Crippen LogP contribution in [0.5, 0.6) is 0 Å². The van der Waals surface area contributed by atoms with Crippen molar-refractivity contribution in [2.45, 2.75) is 33.1 Å². The van der Waals surface area contributed by atoms with Crippen LogP contribution in [-0.4, -0.2) is 34.7 Å². The average Bonchev–Trinajstić information content (AvgIpc) is 2.81. The number of aromatic nitrogens is 3. The first-order valence-corrected chi connectivity index (χ1v) is 7.09. The summed E-state index contributed by atoms with van der Waals surface area (Å²) in [6.07, 6.45) is 3.69. The number of anilines is 1. The zero-order valence-corrected chi connectivity index (χ0v) is 13.1. The standard InChI is InChI=1S/C15H25N5/c1-11(9-16)10-19(5)14-12-8-13(15(2,3)4)18-20(12)7-6-17-14/h6-8,11H,9-10,16H2,1-5H3. The van der Waals surface area contributed by atoms with Crippen molar-refractivity contribution < 1.29 is 0 Å². The van der Waals surface area contributed by atoms with E-state index in [0.717, 1.165) is 23.6 Å². The molecule has 0 spiro atoms. The molecule has 0 amide bonds. The van der Waals surface area contributed by atoms with Crippen LogP contribution in [0.15, 0.2) is 18.5 Å². The molecule has 0 saturated carbocycles. The molecule has 0 radical (unpaired) electrons. The van der Waals surface area contributed by atoms with Crippen molar-refractivity contribution in [1.82, 2.24) is 14.6 Å². The highest BCUT2D eigenvalue weighted by molar-refractivity contribution is 5.69. The molecule has 0 aliphatic carbocycles. The van der Waals surface area contributed by atoms with Crippen LogP contribution in [0.25, 0.3) is 5.52 Å². The number of rotatable bonds is 4. The van der Waals surface area contributed by atoms with Gasteiger partial charge in [0.05, 0.1) is 5.69 Å². The summed E-state index contributed by atoms with van der Waals surface area (Å²) in [5.41, 5.74) is 7.86. The van der Waals surface area contributed by atoms with E-state index < -0.39 is 0 Å². The van der Waals surface area contributed by atoms with Gasteiger partial charge in [0, 0.05) is 31.4 Å². The fraction of sp³-hybridized carbons (Fsp3) is 0.600. The smallest absolute Gasteiger partial charge is 0.154 e. The Morgan fingerprint density at radius 1 is 1.40 bits per heavy atom. The van der Waals surface area contributed by atoms with Gasteiger partial charge in [-0.05, 0) is 18.5 Å². The first-order valence-electron chi connectivity index (χ1n) is 7.09. The first-order chi connectivity index (χ1) is 9.32. The lowest BCUT2D eigenvalue weighted by Crippen LogP contribution is -2.29. The molecule has 2 aromatic rings. The van der Waals surface area contributed by atoms with Crippen LogP contribution in [0.1, 0.15) is 33.4 Å². The van der Waals surface area contributed by atoms with Crippen LogP contribution in [-0.2, 0) is 5.41 Å². The van der Waals surface area contributed by atoms with Crippen LogP contribution in [0.4, 0.5) is 5.82 Å². The largest absolute Gasteiger partial charge is 0.358 e. The highest BCUT2D eigenvalue weighted by atomic mass is 15.3. The van der Waals surface area contributed by atoms with E-state index in [1.54, 1.807) is 6.20 Å². The lowest BCUT2D eigenvalue weighted by atomic mass is 9.92. The van der Waals surface area contributed by atoms with E-state index in [-0.39, 0.29) is 5.41 Å². The Morgan fingerprint density at radius 2 is 2.10 bits per heavy atom. The van der Waals surface area contributed by atoms with E-state index in [1.165, 1.54) is 0 Å². The van der Waals surface area contributed by atoms with Gasteiger partial charge in [0.25, 0.3) is 0 Å². The number of fused-ring (bicyclic) bond motifs is 1. The highest BCUT2D eigenvalue weighted by Gasteiger charge is 2.20. The van der Waals surface area contributed by atoms with Crippen molar-refractivity contribution in [2.75, 3.05) is 25.0 Å². The van der Waals surface area contributed by atoms with Gasteiger partial charge in [-0.3, -0.25) is 0 Å². The van der Waals surface area contributed by atoms with E-state index in [2.05, 4.69) is 55.8 Å². The normalized spacial score (nSPS) is 13.7. The summed E-state index contributed by atoms with van der Waals surface area (Å²) >= 11 is 0. The van der Waals surface area contributed by atoms with Crippen LogP contribution < -0.4 is 10.6 Å². The van der Waals surface area contributed by atoms with Gasteiger partial charge in [-0.1, -0.05) is 27.7 Å². The van der Waals surface area contributed by atoms with E-state index in [9.17, 15) is 0 Å². The lowest BCUT2D eigenvalue weighted by molar-refractivity contribution is 0.562. The molecule has 0 bridgehead atoms. The third-order valence-electron chi connectivity index (χ3n) is 3.49. The predicted molar refractivity (Wildman–Crippen MR) is 83.2 cm³/mol. The van der Waals surface area contributed by atoms with Crippen molar-refractivity contribution >= 4 is 11.3 Å². The molecule has 2 rings (SSSR count). The van der Waals surface area contributed by atoms with Gasteiger partial charge in [-0.25, -0.2) is 9.50 Å². The monoisotopic (exact) mass is 275 g/mol. The van der Waals surface area contributed by atoms with Gasteiger partial charge >= 0.3 is 0 Å². The van der Waals surface area contributed by atoms with E-state index >= 15 is 0 Å². The van der Waals surface area contributed by atoms with Gasteiger partial charge in [0.15, 0.2) is 5.82 Å². The maximum atomic E-state index is 5.71.